The van der Waals surface area contributed by atoms with Crippen LogP contribution in [0.4, 0.5) is 0 Å². The molecule has 0 radical (unpaired) electrons. The van der Waals surface area contributed by atoms with Crippen molar-refractivity contribution in [3.63, 3.8) is 0 Å². The highest BCUT2D eigenvalue weighted by atomic mass is 35.5. The van der Waals surface area contributed by atoms with Crippen molar-refractivity contribution in [2.75, 3.05) is 0 Å². The SMILES string of the molecule is NC(=O)CCC=CCl. The summed E-state index contributed by atoms with van der Waals surface area (Å²) in [6.07, 6.45) is 2.70. The molecule has 0 aliphatic carbocycles. The van der Waals surface area contributed by atoms with E-state index in [9.17, 15) is 4.79 Å². The molecular formula is C5H8ClNO. The van der Waals surface area contributed by atoms with E-state index in [0.29, 0.717) is 12.8 Å². The average Bonchev–Trinajstić information content (AvgIpc) is 1.66. The zero-order valence-electron chi connectivity index (χ0n) is 4.43. The van der Waals surface area contributed by atoms with Crippen molar-refractivity contribution in [3.05, 3.63) is 11.6 Å². The van der Waals surface area contributed by atoms with Gasteiger partial charge in [0.1, 0.15) is 0 Å². The van der Waals surface area contributed by atoms with Gasteiger partial charge in [0.25, 0.3) is 0 Å². The molecule has 0 aromatic rings. The van der Waals surface area contributed by atoms with Crippen molar-refractivity contribution in [1.82, 2.24) is 0 Å². The number of hydrogen-bond donors (Lipinski definition) is 1. The number of amides is 1. The first-order valence-electron chi connectivity index (χ1n) is 2.31. The van der Waals surface area contributed by atoms with Crippen LogP contribution in [-0.2, 0) is 4.79 Å². The van der Waals surface area contributed by atoms with Crippen molar-refractivity contribution in [2.24, 2.45) is 5.73 Å². The fraction of sp³-hybridized carbons (Fsp3) is 0.400. The zero-order valence-corrected chi connectivity index (χ0v) is 5.19. The van der Waals surface area contributed by atoms with E-state index in [4.69, 9.17) is 17.3 Å². The summed E-state index contributed by atoms with van der Waals surface area (Å²) in [5, 5.41) is 0. The highest BCUT2D eigenvalue weighted by Crippen LogP contribution is 1.89. The second-order valence-electron chi connectivity index (χ2n) is 1.37. The Morgan fingerprint density at radius 3 is 2.75 bits per heavy atom. The molecule has 0 aliphatic heterocycles. The van der Waals surface area contributed by atoms with Crippen molar-refractivity contribution in [2.45, 2.75) is 12.8 Å². The molecule has 3 heteroatoms. The van der Waals surface area contributed by atoms with E-state index in [0.717, 1.165) is 0 Å². The lowest BCUT2D eigenvalue weighted by molar-refractivity contribution is -0.117. The number of allylic oxidation sites excluding steroid dienone is 1. The van der Waals surface area contributed by atoms with Crippen LogP contribution in [0.5, 0.6) is 0 Å². The lowest BCUT2D eigenvalue weighted by atomic mass is 10.3. The van der Waals surface area contributed by atoms with Crippen LogP contribution in [0.3, 0.4) is 0 Å². The smallest absolute Gasteiger partial charge is 0.217 e. The molecule has 0 saturated carbocycles. The molecule has 0 bridgehead atoms. The summed E-state index contributed by atoms with van der Waals surface area (Å²) >= 11 is 5.15. The number of nitrogens with two attached hydrogens (primary N) is 1. The van der Waals surface area contributed by atoms with Crippen LogP contribution in [0, 0.1) is 0 Å². The lowest BCUT2D eigenvalue weighted by Gasteiger charge is -1.84. The van der Waals surface area contributed by atoms with E-state index in [1.807, 2.05) is 0 Å². The van der Waals surface area contributed by atoms with Gasteiger partial charge in [0.15, 0.2) is 0 Å². The van der Waals surface area contributed by atoms with Gasteiger partial charge in [-0.3, -0.25) is 4.79 Å². The molecule has 0 aromatic heterocycles. The number of rotatable bonds is 3. The first kappa shape index (κ1) is 7.50. The molecule has 0 unspecified atom stereocenters. The van der Waals surface area contributed by atoms with E-state index < -0.39 is 0 Å². The number of carbonyl (C=O) groups is 1. The van der Waals surface area contributed by atoms with Crippen molar-refractivity contribution in [3.8, 4) is 0 Å². The van der Waals surface area contributed by atoms with Gasteiger partial charge in [0, 0.05) is 12.0 Å². The Balaban J connectivity index is 3.05. The van der Waals surface area contributed by atoms with E-state index in [2.05, 4.69) is 0 Å². The third-order valence-corrected chi connectivity index (χ3v) is 0.825. The maximum atomic E-state index is 10.0. The Kier molecular flexibility index (Phi) is 4.36. The van der Waals surface area contributed by atoms with Crippen LogP contribution < -0.4 is 5.73 Å². The molecule has 2 nitrogen and oxygen atoms in total. The van der Waals surface area contributed by atoms with E-state index >= 15 is 0 Å². The van der Waals surface area contributed by atoms with Crippen molar-refractivity contribution < 1.29 is 4.79 Å². The Labute approximate surface area is 53.3 Å². The van der Waals surface area contributed by atoms with Gasteiger partial charge in [-0.2, -0.15) is 0 Å². The fourth-order valence-electron chi connectivity index (χ4n) is 0.289. The molecule has 0 aliphatic rings. The van der Waals surface area contributed by atoms with Gasteiger partial charge in [-0.1, -0.05) is 17.7 Å². The Morgan fingerprint density at radius 2 is 2.38 bits per heavy atom. The minimum atomic E-state index is -0.292. The van der Waals surface area contributed by atoms with Gasteiger partial charge in [-0.05, 0) is 6.42 Å². The molecule has 0 aromatic carbocycles. The van der Waals surface area contributed by atoms with Gasteiger partial charge in [0.05, 0.1) is 0 Å². The lowest BCUT2D eigenvalue weighted by Crippen LogP contribution is -2.08. The summed E-state index contributed by atoms with van der Waals surface area (Å²) in [5.41, 5.74) is 6.20. The van der Waals surface area contributed by atoms with Crippen LogP contribution in [-0.4, -0.2) is 5.91 Å². The normalized spacial score (nSPS) is 10.1. The summed E-state index contributed by atoms with van der Waals surface area (Å²) < 4.78 is 0. The molecule has 2 N–H and O–H groups in total. The number of hydrogen-bond acceptors (Lipinski definition) is 1. The fourth-order valence-corrected chi connectivity index (χ4v) is 0.415. The molecule has 46 valence electrons. The summed E-state index contributed by atoms with van der Waals surface area (Å²) in [6, 6.07) is 0. The average molecular weight is 134 g/mol. The largest absolute Gasteiger partial charge is 0.370 e. The Bertz CT molecular complexity index is 101. The van der Waals surface area contributed by atoms with Crippen molar-refractivity contribution >= 4 is 17.5 Å². The van der Waals surface area contributed by atoms with Crippen LogP contribution in [0.2, 0.25) is 0 Å². The first-order valence-corrected chi connectivity index (χ1v) is 2.74. The molecule has 0 fully saturated rings. The predicted octanol–water partition coefficient (Wildman–Crippen LogP) is 1.00. The standard InChI is InChI=1S/C5H8ClNO/c6-4-2-1-3-5(7)8/h2,4H,1,3H2,(H2,7,8). The van der Waals surface area contributed by atoms with E-state index in [-0.39, 0.29) is 5.91 Å². The van der Waals surface area contributed by atoms with Gasteiger partial charge in [0.2, 0.25) is 5.91 Å². The summed E-state index contributed by atoms with van der Waals surface area (Å²) in [5.74, 6) is -0.292. The van der Waals surface area contributed by atoms with E-state index in [1.54, 1.807) is 6.08 Å². The molecule has 0 atom stereocenters. The van der Waals surface area contributed by atoms with Gasteiger partial charge in [-0.15, -0.1) is 0 Å². The molecule has 0 heterocycles. The zero-order chi connectivity index (χ0) is 6.41. The number of primary amides is 1. The molecule has 8 heavy (non-hydrogen) atoms. The van der Waals surface area contributed by atoms with Crippen LogP contribution >= 0.6 is 11.6 Å². The van der Waals surface area contributed by atoms with Gasteiger partial charge < -0.3 is 5.73 Å². The molecule has 0 rings (SSSR count). The maximum absolute atomic E-state index is 10.0. The quantitative estimate of drug-likeness (QED) is 0.614. The van der Waals surface area contributed by atoms with Crippen LogP contribution in [0.25, 0.3) is 0 Å². The highest BCUT2D eigenvalue weighted by molar-refractivity contribution is 6.25. The molecule has 1 amide bonds. The minimum absolute atomic E-state index is 0.292. The highest BCUT2D eigenvalue weighted by Gasteiger charge is 1.87. The minimum Gasteiger partial charge on any atom is -0.370 e. The number of carbonyl (C=O) groups excluding carboxylic acids is 1. The van der Waals surface area contributed by atoms with Crippen molar-refractivity contribution in [1.29, 1.82) is 0 Å². The topological polar surface area (TPSA) is 43.1 Å². The summed E-state index contributed by atoms with van der Waals surface area (Å²) in [7, 11) is 0. The second-order valence-corrected chi connectivity index (χ2v) is 1.62. The Hall–Kier alpha value is -0.500. The Morgan fingerprint density at radius 1 is 1.75 bits per heavy atom. The van der Waals surface area contributed by atoms with Gasteiger partial charge >= 0.3 is 0 Å². The summed E-state index contributed by atoms with van der Waals surface area (Å²) in [6.45, 7) is 0. The third-order valence-electron chi connectivity index (χ3n) is 0.646. The van der Waals surface area contributed by atoms with Crippen LogP contribution in [0.1, 0.15) is 12.8 Å². The first-order chi connectivity index (χ1) is 3.77. The predicted molar refractivity (Wildman–Crippen MR) is 33.4 cm³/mol. The second kappa shape index (κ2) is 4.65. The monoisotopic (exact) mass is 133 g/mol. The molecule has 0 spiro atoms. The third kappa shape index (κ3) is 5.50. The van der Waals surface area contributed by atoms with Crippen LogP contribution in [0.15, 0.2) is 11.6 Å². The summed E-state index contributed by atoms with van der Waals surface area (Å²) in [4.78, 5) is 10.0. The van der Waals surface area contributed by atoms with Gasteiger partial charge in [-0.25, -0.2) is 0 Å². The maximum Gasteiger partial charge on any atom is 0.217 e. The molecular weight excluding hydrogens is 126 g/mol. The van der Waals surface area contributed by atoms with E-state index in [1.165, 1.54) is 5.54 Å². The number of halogens is 1. The molecule has 0 saturated heterocycles.